The number of benzene rings is 2. The number of nitrogens with zero attached hydrogens (tertiary/aromatic N) is 4. The van der Waals surface area contributed by atoms with E-state index in [9.17, 15) is 0 Å². The van der Waals surface area contributed by atoms with Gasteiger partial charge in [0.15, 0.2) is 5.84 Å². The molecule has 154 valence electrons. The zero-order chi connectivity index (χ0) is 20.9. The smallest absolute Gasteiger partial charge is 0.241 e. The van der Waals surface area contributed by atoms with Gasteiger partial charge in [0.05, 0.1) is 30.4 Å². The van der Waals surface area contributed by atoms with Crippen LogP contribution >= 0.6 is 15.9 Å². The second-order valence-electron chi connectivity index (χ2n) is 6.78. The van der Waals surface area contributed by atoms with E-state index in [1.54, 1.807) is 19.2 Å². The van der Waals surface area contributed by atoms with Crippen LogP contribution in [0.25, 0.3) is 0 Å². The Kier molecular flexibility index (Phi) is 4.38. The van der Waals surface area contributed by atoms with Crippen molar-refractivity contribution in [1.29, 1.82) is 0 Å². The van der Waals surface area contributed by atoms with Gasteiger partial charge in [-0.1, -0.05) is 18.2 Å². The number of rotatable bonds is 4. The van der Waals surface area contributed by atoms with E-state index >= 15 is 0 Å². The first kappa shape index (κ1) is 18.9. The molecule has 1 fully saturated rings. The van der Waals surface area contributed by atoms with Gasteiger partial charge in [-0.15, -0.1) is 0 Å². The first-order valence-corrected chi connectivity index (χ1v) is 9.84. The number of hydroxylamine groups is 1. The third-order valence-electron chi connectivity index (χ3n) is 5.17. The number of oxime groups is 1. The van der Waals surface area contributed by atoms with Crippen LogP contribution in [-0.4, -0.2) is 42.4 Å². The molecule has 0 radical (unpaired) electrons. The van der Waals surface area contributed by atoms with Gasteiger partial charge in [-0.2, -0.15) is 10.5 Å². The molecule has 1 spiro atoms. The SMILES string of the molecule is COc1ccc(C2N(N)C23N=C2NON=C2N=C3Nc2ccccc2OC)cc1Br. The van der Waals surface area contributed by atoms with E-state index in [1.807, 2.05) is 42.5 Å². The van der Waals surface area contributed by atoms with Gasteiger partial charge in [0.25, 0.3) is 0 Å². The quantitative estimate of drug-likeness (QED) is 0.461. The fraction of sp³-hybridized carbons (Fsp3) is 0.211. The zero-order valence-electron chi connectivity index (χ0n) is 16.1. The fourth-order valence-corrected chi connectivity index (χ4v) is 4.23. The van der Waals surface area contributed by atoms with Crippen molar-refractivity contribution in [2.24, 2.45) is 21.0 Å². The maximum absolute atomic E-state index is 6.45. The van der Waals surface area contributed by atoms with Crippen LogP contribution in [0.3, 0.4) is 0 Å². The second kappa shape index (κ2) is 6.97. The van der Waals surface area contributed by atoms with Gasteiger partial charge in [0.2, 0.25) is 17.3 Å². The highest BCUT2D eigenvalue weighted by Gasteiger charge is 2.68. The predicted octanol–water partition coefficient (Wildman–Crippen LogP) is 2.16. The van der Waals surface area contributed by atoms with Crippen LogP contribution in [0.4, 0.5) is 5.69 Å². The van der Waals surface area contributed by atoms with Crippen molar-refractivity contribution in [1.82, 2.24) is 10.5 Å². The molecular formula is C19H18BrN7O3. The highest BCUT2D eigenvalue weighted by molar-refractivity contribution is 9.10. The number of hydrogen-bond donors (Lipinski definition) is 3. The number of halogens is 1. The molecule has 0 saturated carbocycles. The number of nitrogens with one attached hydrogen (secondary N) is 2. The van der Waals surface area contributed by atoms with Crippen molar-refractivity contribution in [3.8, 4) is 11.5 Å². The summed E-state index contributed by atoms with van der Waals surface area (Å²) in [6.45, 7) is 0. The summed E-state index contributed by atoms with van der Waals surface area (Å²) in [5.41, 5.74) is 3.39. The molecule has 2 aromatic rings. The molecule has 30 heavy (non-hydrogen) atoms. The summed E-state index contributed by atoms with van der Waals surface area (Å²) in [6.07, 6.45) is 0. The van der Waals surface area contributed by atoms with Gasteiger partial charge in [0.1, 0.15) is 11.5 Å². The summed E-state index contributed by atoms with van der Waals surface area (Å²) < 4.78 is 11.6. The van der Waals surface area contributed by atoms with E-state index in [-0.39, 0.29) is 6.04 Å². The maximum Gasteiger partial charge on any atom is 0.241 e. The lowest BCUT2D eigenvalue weighted by Gasteiger charge is -2.21. The highest BCUT2D eigenvalue weighted by Crippen LogP contribution is 2.54. The molecule has 3 aliphatic heterocycles. The number of hydrazine groups is 1. The van der Waals surface area contributed by atoms with Crippen molar-refractivity contribution >= 4 is 39.1 Å². The van der Waals surface area contributed by atoms with Gasteiger partial charge in [0, 0.05) is 0 Å². The number of fused-ring (bicyclic) bond motifs is 1. The Labute approximate surface area is 180 Å². The molecule has 1 saturated heterocycles. The minimum absolute atomic E-state index is 0.267. The number of hydrogen-bond acceptors (Lipinski definition) is 10. The Hall–Kier alpha value is -3.15. The van der Waals surface area contributed by atoms with Crippen LogP contribution in [0.15, 0.2) is 62.1 Å². The highest BCUT2D eigenvalue weighted by atomic mass is 79.9. The van der Waals surface area contributed by atoms with Gasteiger partial charge in [-0.3, -0.25) is 10.8 Å². The molecule has 11 heteroatoms. The molecule has 0 aliphatic carbocycles. The molecule has 0 aromatic heterocycles. The lowest BCUT2D eigenvalue weighted by atomic mass is 10.0. The Morgan fingerprint density at radius 1 is 1.20 bits per heavy atom. The van der Waals surface area contributed by atoms with Gasteiger partial charge >= 0.3 is 0 Å². The molecule has 0 bridgehead atoms. The maximum atomic E-state index is 6.45. The molecule has 3 unspecified atom stereocenters. The summed E-state index contributed by atoms with van der Waals surface area (Å²) in [4.78, 5) is 14.4. The minimum atomic E-state index is -0.954. The van der Waals surface area contributed by atoms with E-state index in [2.05, 4.69) is 36.9 Å². The molecule has 2 aromatic carbocycles. The minimum Gasteiger partial charge on any atom is -0.496 e. The predicted molar refractivity (Wildman–Crippen MR) is 115 cm³/mol. The molecule has 0 amide bonds. The summed E-state index contributed by atoms with van der Waals surface area (Å²) in [7, 11) is 3.23. The molecule has 3 heterocycles. The molecular weight excluding hydrogens is 454 g/mol. The topological polar surface area (TPSA) is 118 Å². The first-order valence-electron chi connectivity index (χ1n) is 9.05. The largest absolute Gasteiger partial charge is 0.496 e. The van der Waals surface area contributed by atoms with E-state index in [0.29, 0.717) is 23.3 Å². The molecule has 4 N–H and O–H groups in total. The van der Waals surface area contributed by atoms with Gasteiger partial charge in [-0.25, -0.2) is 9.98 Å². The van der Waals surface area contributed by atoms with Gasteiger partial charge in [-0.05, 0) is 50.9 Å². The van der Waals surface area contributed by atoms with Crippen LogP contribution in [0.1, 0.15) is 11.6 Å². The average molecular weight is 472 g/mol. The van der Waals surface area contributed by atoms with Crippen molar-refractivity contribution < 1.29 is 14.4 Å². The van der Waals surface area contributed by atoms with Crippen LogP contribution in [0.2, 0.25) is 0 Å². The first-order chi connectivity index (χ1) is 14.6. The number of aliphatic imine (C=N–C) groups is 2. The summed E-state index contributed by atoms with van der Waals surface area (Å²) in [5, 5.41) is 8.84. The average Bonchev–Trinajstić information content (AvgIpc) is 3.08. The number of amidine groups is 3. The van der Waals surface area contributed by atoms with Crippen molar-refractivity contribution in [3.05, 3.63) is 52.5 Å². The summed E-state index contributed by atoms with van der Waals surface area (Å²) in [5.74, 6) is 9.12. The number of anilines is 1. The van der Waals surface area contributed by atoms with E-state index in [4.69, 9.17) is 25.2 Å². The van der Waals surface area contributed by atoms with Crippen LogP contribution < -0.4 is 26.1 Å². The summed E-state index contributed by atoms with van der Waals surface area (Å²) >= 11 is 3.53. The molecule has 3 atom stereocenters. The second-order valence-corrected chi connectivity index (χ2v) is 7.64. The van der Waals surface area contributed by atoms with E-state index < -0.39 is 5.66 Å². The number of nitrogens with two attached hydrogens (primary N) is 1. The van der Waals surface area contributed by atoms with E-state index in [1.165, 1.54) is 0 Å². The number of para-hydroxylation sites is 2. The zero-order valence-corrected chi connectivity index (χ0v) is 17.7. The Balaban J connectivity index is 1.56. The third-order valence-corrected chi connectivity index (χ3v) is 5.79. The normalized spacial score (nSPS) is 25.9. The van der Waals surface area contributed by atoms with E-state index in [0.717, 1.165) is 21.5 Å². The van der Waals surface area contributed by atoms with Crippen LogP contribution in [-0.2, 0) is 4.94 Å². The number of ether oxygens (including phenoxy) is 2. The standard InChI is InChI=1S/C19H18BrN7O3/c1-28-13-8-7-10(9-11(13)20)15-19(27(15)21)18(23-16-17(24-19)26-30-25-16)22-12-5-3-4-6-14(12)29-2/h3-9,15H,21H2,1-2H3,(H,24,26)(H,22,23,25). The number of methoxy groups -OCH3 is 2. The van der Waals surface area contributed by atoms with Crippen LogP contribution in [0, 0.1) is 0 Å². The molecule has 10 nitrogen and oxygen atoms in total. The monoisotopic (exact) mass is 471 g/mol. The Morgan fingerprint density at radius 2 is 2.00 bits per heavy atom. The molecule has 5 rings (SSSR count). The summed E-state index contributed by atoms with van der Waals surface area (Å²) in [6, 6.07) is 13.1. The van der Waals surface area contributed by atoms with Crippen molar-refractivity contribution in [3.63, 3.8) is 0 Å². The lowest BCUT2D eigenvalue weighted by molar-refractivity contribution is 0.106. The lowest BCUT2D eigenvalue weighted by Crippen LogP contribution is -2.43. The van der Waals surface area contributed by atoms with Crippen LogP contribution in [0.5, 0.6) is 11.5 Å². The Bertz CT molecular complexity index is 1120. The van der Waals surface area contributed by atoms with Crippen molar-refractivity contribution in [2.75, 3.05) is 19.5 Å². The van der Waals surface area contributed by atoms with Gasteiger partial charge < -0.3 is 14.8 Å². The molecule has 3 aliphatic rings. The third kappa shape index (κ3) is 2.74. The fourth-order valence-electron chi connectivity index (χ4n) is 3.67. The Morgan fingerprint density at radius 3 is 2.77 bits per heavy atom. The van der Waals surface area contributed by atoms with Crippen molar-refractivity contribution in [2.45, 2.75) is 11.7 Å².